The average molecular weight is 190 g/mol. The molecule has 1 fully saturated rings. The molecular formula is C9H10N4O. The molecule has 0 radical (unpaired) electrons. The number of aryl methyl sites for hydroxylation is 1. The van der Waals surface area contributed by atoms with Crippen LogP contribution in [0.3, 0.4) is 0 Å². The normalized spacial score (nSPS) is 16.1. The van der Waals surface area contributed by atoms with Gasteiger partial charge >= 0.3 is 6.01 Å². The highest BCUT2D eigenvalue weighted by Gasteiger charge is 2.29. The zero-order valence-corrected chi connectivity index (χ0v) is 7.84. The summed E-state index contributed by atoms with van der Waals surface area (Å²) in [6, 6.07) is 0.516. The molecule has 1 aliphatic carbocycles. The highest BCUT2D eigenvalue weighted by Crippen LogP contribution is 2.38. The lowest BCUT2D eigenvalue weighted by Crippen LogP contribution is -1.94. The molecule has 1 saturated carbocycles. The molecule has 72 valence electrons. The van der Waals surface area contributed by atoms with Crippen LogP contribution >= 0.6 is 0 Å². The molecule has 0 spiro atoms. The van der Waals surface area contributed by atoms with E-state index >= 15 is 0 Å². The molecule has 0 bridgehead atoms. The molecule has 2 aromatic rings. The molecule has 0 unspecified atom stereocenters. The van der Waals surface area contributed by atoms with Crippen molar-refractivity contribution in [3.63, 3.8) is 0 Å². The Bertz CT molecular complexity index is 455. The minimum Gasteiger partial charge on any atom is -0.314 e. The average Bonchev–Trinajstić information content (AvgIpc) is 2.75. The second kappa shape index (κ2) is 2.67. The number of imidazole rings is 1. The van der Waals surface area contributed by atoms with Crippen LogP contribution in [0.2, 0.25) is 0 Å². The summed E-state index contributed by atoms with van der Waals surface area (Å²) in [7, 11) is 0. The largest absolute Gasteiger partial charge is 0.333 e. The first-order chi connectivity index (χ1) is 6.84. The molecule has 5 nitrogen and oxygen atoms in total. The summed E-state index contributed by atoms with van der Waals surface area (Å²) < 4.78 is 6.94. The maximum Gasteiger partial charge on any atom is 0.333 e. The highest BCUT2D eigenvalue weighted by atomic mass is 16.5. The van der Waals surface area contributed by atoms with Crippen molar-refractivity contribution >= 4 is 0 Å². The summed E-state index contributed by atoms with van der Waals surface area (Å²) in [6.45, 7) is 1.95. The predicted octanol–water partition coefficient (Wildman–Crippen LogP) is 1.44. The van der Waals surface area contributed by atoms with Gasteiger partial charge in [-0.1, -0.05) is 5.16 Å². The minimum atomic E-state index is 0.516. The van der Waals surface area contributed by atoms with Crippen LogP contribution in [0.1, 0.15) is 30.3 Å². The van der Waals surface area contributed by atoms with Crippen LogP contribution in [0.15, 0.2) is 17.0 Å². The van der Waals surface area contributed by atoms with Crippen LogP contribution < -0.4 is 0 Å². The maximum absolute atomic E-state index is 5.15. The Balaban J connectivity index is 1.99. The van der Waals surface area contributed by atoms with Gasteiger partial charge in [-0.3, -0.25) is 4.57 Å². The SMILES string of the molecule is Cc1cncn1-c1nc(C2CC2)no1. The molecule has 1 aliphatic rings. The zero-order valence-electron chi connectivity index (χ0n) is 7.84. The van der Waals surface area contributed by atoms with E-state index in [1.54, 1.807) is 17.1 Å². The van der Waals surface area contributed by atoms with Gasteiger partial charge in [0.2, 0.25) is 0 Å². The van der Waals surface area contributed by atoms with Crippen LogP contribution in [0, 0.1) is 6.92 Å². The maximum atomic E-state index is 5.15. The van der Waals surface area contributed by atoms with Gasteiger partial charge in [0.05, 0.1) is 0 Å². The van der Waals surface area contributed by atoms with Gasteiger partial charge in [0.1, 0.15) is 6.33 Å². The van der Waals surface area contributed by atoms with E-state index in [4.69, 9.17) is 4.52 Å². The fourth-order valence-electron chi connectivity index (χ4n) is 1.39. The van der Waals surface area contributed by atoms with Crippen molar-refractivity contribution in [3.8, 4) is 6.01 Å². The van der Waals surface area contributed by atoms with Crippen molar-refractivity contribution in [2.45, 2.75) is 25.7 Å². The lowest BCUT2D eigenvalue weighted by atomic mass is 10.4. The van der Waals surface area contributed by atoms with E-state index in [0.717, 1.165) is 11.5 Å². The Morgan fingerprint density at radius 3 is 3.00 bits per heavy atom. The Kier molecular flexibility index (Phi) is 1.47. The molecule has 0 atom stereocenters. The quantitative estimate of drug-likeness (QED) is 0.719. The van der Waals surface area contributed by atoms with E-state index in [1.165, 1.54) is 12.8 Å². The Morgan fingerprint density at radius 2 is 2.36 bits per heavy atom. The first-order valence-corrected chi connectivity index (χ1v) is 4.67. The van der Waals surface area contributed by atoms with E-state index in [0.29, 0.717) is 11.9 Å². The van der Waals surface area contributed by atoms with Gasteiger partial charge in [-0.15, -0.1) is 0 Å². The second-order valence-electron chi connectivity index (χ2n) is 3.61. The minimum absolute atomic E-state index is 0.516. The van der Waals surface area contributed by atoms with Crippen molar-refractivity contribution < 1.29 is 4.52 Å². The van der Waals surface area contributed by atoms with Crippen molar-refractivity contribution in [1.29, 1.82) is 0 Å². The van der Waals surface area contributed by atoms with Gasteiger partial charge in [0, 0.05) is 17.8 Å². The smallest absolute Gasteiger partial charge is 0.314 e. The van der Waals surface area contributed by atoms with Gasteiger partial charge in [-0.05, 0) is 19.8 Å². The number of hydrogen-bond donors (Lipinski definition) is 0. The standard InChI is InChI=1S/C9H10N4O/c1-6-4-10-5-13(6)9-11-8(12-14-9)7-2-3-7/h4-5,7H,2-3H2,1H3. The number of nitrogens with zero attached hydrogens (tertiary/aromatic N) is 4. The lowest BCUT2D eigenvalue weighted by Gasteiger charge is -1.94. The van der Waals surface area contributed by atoms with Crippen LogP contribution in [0.5, 0.6) is 0 Å². The molecule has 0 aliphatic heterocycles. The molecule has 14 heavy (non-hydrogen) atoms. The number of rotatable bonds is 2. The van der Waals surface area contributed by atoms with Gasteiger partial charge in [-0.25, -0.2) is 4.98 Å². The van der Waals surface area contributed by atoms with Crippen molar-refractivity contribution in [3.05, 3.63) is 24.0 Å². The van der Waals surface area contributed by atoms with Crippen LogP contribution in [-0.4, -0.2) is 19.7 Å². The molecular weight excluding hydrogens is 180 g/mol. The number of aromatic nitrogens is 4. The summed E-state index contributed by atoms with van der Waals surface area (Å²) in [5.74, 6) is 1.35. The first kappa shape index (κ1) is 7.73. The summed E-state index contributed by atoms with van der Waals surface area (Å²) in [4.78, 5) is 8.32. The zero-order chi connectivity index (χ0) is 9.54. The van der Waals surface area contributed by atoms with Crippen LogP contribution in [0.4, 0.5) is 0 Å². The Hall–Kier alpha value is -1.65. The molecule has 2 heterocycles. The van der Waals surface area contributed by atoms with E-state index < -0.39 is 0 Å². The number of hydrogen-bond acceptors (Lipinski definition) is 4. The van der Waals surface area contributed by atoms with E-state index in [2.05, 4.69) is 15.1 Å². The van der Waals surface area contributed by atoms with E-state index in [9.17, 15) is 0 Å². The van der Waals surface area contributed by atoms with Gasteiger partial charge in [0.15, 0.2) is 5.82 Å². The molecule has 0 N–H and O–H groups in total. The van der Waals surface area contributed by atoms with Gasteiger partial charge in [0.25, 0.3) is 0 Å². The van der Waals surface area contributed by atoms with E-state index in [1.807, 2.05) is 6.92 Å². The molecule has 0 amide bonds. The third-order valence-electron chi connectivity index (χ3n) is 2.40. The summed E-state index contributed by atoms with van der Waals surface area (Å²) in [5, 5.41) is 3.94. The highest BCUT2D eigenvalue weighted by molar-refractivity contribution is 5.14. The summed E-state index contributed by atoms with van der Waals surface area (Å²) >= 11 is 0. The van der Waals surface area contributed by atoms with Crippen molar-refractivity contribution in [1.82, 2.24) is 19.7 Å². The lowest BCUT2D eigenvalue weighted by molar-refractivity contribution is 0.395. The third kappa shape index (κ3) is 1.13. The first-order valence-electron chi connectivity index (χ1n) is 4.67. The monoisotopic (exact) mass is 190 g/mol. The molecule has 5 heteroatoms. The summed E-state index contributed by atoms with van der Waals surface area (Å²) in [5.41, 5.74) is 0.996. The fourth-order valence-corrected chi connectivity index (χ4v) is 1.39. The molecule has 0 aromatic carbocycles. The van der Waals surface area contributed by atoms with Crippen molar-refractivity contribution in [2.75, 3.05) is 0 Å². The van der Waals surface area contributed by atoms with Crippen LogP contribution in [0.25, 0.3) is 6.01 Å². The van der Waals surface area contributed by atoms with Crippen LogP contribution in [-0.2, 0) is 0 Å². The van der Waals surface area contributed by atoms with E-state index in [-0.39, 0.29) is 0 Å². The fraction of sp³-hybridized carbons (Fsp3) is 0.444. The second-order valence-corrected chi connectivity index (χ2v) is 3.61. The van der Waals surface area contributed by atoms with Gasteiger partial charge in [-0.2, -0.15) is 4.98 Å². The van der Waals surface area contributed by atoms with Crippen molar-refractivity contribution in [2.24, 2.45) is 0 Å². The Labute approximate surface area is 80.8 Å². The van der Waals surface area contributed by atoms with Gasteiger partial charge < -0.3 is 4.52 Å². The molecule has 3 rings (SSSR count). The molecule has 0 saturated heterocycles. The predicted molar refractivity (Wildman–Crippen MR) is 48.1 cm³/mol. The Morgan fingerprint density at radius 1 is 1.50 bits per heavy atom. The topological polar surface area (TPSA) is 56.7 Å². The third-order valence-corrected chi connectivity index (χ3v) is 2.40. The summed E-state index contributed by atoms with van der Waals surface area (Å²) in [6.07, 6.45) is 5.81. The molecule has 2 aromatic heterocycles.